The average Bonchev–Trinajstić information content (AvgIpc) is 3.13. The van der Waals surface area contributed by atoms with E-state index in [9.17, 15) is 0 Å². The predicted octanol–water partition coefficient (Wildman–Crippen LogP) is 2.30. The SMILES string of the molecule is Cc1c(NN)nc(C2CC2)nc1NC1(C)CCC1. The highest BCUT2D eigenvalue weighted by Gasteiger charge is 2.34. The molecule has 2 saturated carbocycles. The average molecular weight is 247 g/mol. The smallest absolute Gasteiger partial charge is 0.148 e. The summed E-state index contributed by atoms with van der Waals surface area (Å²) in [6.45, 7) is 4.26. The van der Waals surface area contributed by atoms with E-state index < -0.39 is 0 Å². The molecule has 0 radical (unpaired) electrons. The lowest BCUT2D eigenvalue weighted by atomic mass is 9.78. The monoisotopic (exact) mass is 247 g/mol. The van der Waals surface area contributed by atoms with Crippen molar-refractivity contribution in [2.24, 2.45) is 5.84 Å². The van der Waals surface area contributed by atoms with E-state index in [4.69, 9.17) is 10.8 Å². The Balaban J connectivity index is 1.92. The van der Waals surface area contributed by atoms with Crippen LogP contribution < -0.4 is 16.6 Å². The Labute approximate surface area is 108 Å². The molecule has 1 heterocycles. The van der Waals surface area contributed by atoms with Gasteiger partial charge in [-0.2, -0.15) is 0 Å². The van der Waals surface area contributed by atoms with Gasteiger partial charge in [0.2, 0.25) is 0 Å². The van der Waals surface area contributed by atoms with Gasteiger partial charge in [0, 0.05) is 17.0 Å². The number of nitrogen functional groups attached to an aromatic ring is 1. The molecule has 2 aliphatic carbocycles. The van der Waals surface area contributed by atoms with E-state index in [-0.39, 0.29) is 5.54 Å². The molecule has 98 valence electrons. The summed E-state index contributed by atoms with van der Waals surface area (Å²) in [4.78, 5) is 9.19. The molecule has 0 spiro atoms. The minimum Gasteiger partial charge on any atom is -0.365 e. The largest absolute Gasteiger partial charge is 0.365 e. The highest BCUT2D eigenvalue weighted by Crippen LogP contribution is 2.41. The van der Waals surface area contributed by atoms with Crippen molar-refractivity contribution in [3.63, 3.8) is 0 Å². The topological polar surface area (TPSA) is 75.9 Å². The van der Waals surface area contributed by atoms with E-state index in [1.165, 1.54) is 32.1 Å². The van der Waals surface area contributed by atoms with Crippen LogP contribution in [0.5, 0.6) is 0 Å². The third kappa shape index (κ3) is 2.03. The number of hydrogen-bond acceptors (Lipinski definition) is 5. The number of anilines is 2. The lowest BCUT2D eigenvalue weighted by Crippen LogP contribution is -2.42. The molecule has 0 unspecified atom stereocenters. The fourth-order valence-corrected chi connectivity index (χ4v) is 2.44. The zero-order chi connectivity index (χ0) is 12.8. The van der Waals surface area contributed by atoms with Crippen LogP contribution in [0.25, 0.3) is 0 Å². The fourth-order valence-electron chi connectivity index (χ4n) is 2.44. The van der Waals surface area contributed by atoms with Crippen LogP contribution in [-0.2, 0) is 0 Å². The Kier molecular flexibility index (Phi) is 2.66. The fraction of sp³-hybridized carbons (Fsp3) is 0.692. The maximum Gasteiger partial charge on any atom is 0.148 e. The van der Waals surface area contributed by atoms with Crippen molar-refractivity contribution in [1.82, 2.24) is 9.97 Å². The molecule has 0 saturated heterocycles. The van der Waals surface area contributed by atoms with E-state index in [0.29, 0.717) is 5.92 Å². The lowest BCUT2D eigenvalue weighted by Gasteiger charge is -2.40. The van der Waals surface area contributed by atoms with Crippen LogP contribution in [0.4, 0.5) is 11.6 Å². The van der Waals surface area contributed by atoms with Gasteiger partial charge >= 0.3 is 0 Å². The summed E-state index contributed by atoms with van der Waals surface area (Å²) in [6.07, 6.45) is 6.11. The minimum atomic E-state index is 0.200. The van der Waals surface area contributed by atoms with Gasteiger partial charge in [0.1, 0.15) is 17.5 Å². The molecule has 0 aliphatic heterocycles. The van der Waals surface area contributed by atoms with Crippen molar-refractivity contribution in [3.8, 4) is 0 Å². The maximum atomic E-state index is 5.55. The standard InChI is InChI=1S/C13H21N5/c1-8-10(17-13(2)6-3-7-13)15-12(9-4-5-9)16-11(8)18-14/h9H,3-7,14H2,1-2H3,(H2,15,16,17,18). The molecule has 4 N–H and O–H groups in total. The number of nitrogens with zero attached hydrogens (tertiary/aromatic N) is 2. The van der Waals surface area contributed by atoms with Crippen LogP contribution in [0.15, 0.2) is 0 Å². The zero-order valence-corrected chi connectivity index (χ0v) is 11.1. The molecular formula is C13H21N5. The summed E-state index contributed by atoms with van der Waals surface area (Å²) in [6, 6.07) is 0. The van der Waals surface area contributed by atoms with Crippen molar-refractivity contribution in [1.29, 1.82) is 0 Å². The first-order chi connectivity index (χ1) is 8.61. The highest BCUT2D eigenvalue weighted by atomic mass is 15.3. The highest BCUT2D eigenvalue weighted by molar-refractivity contribution is 5.58. The van der Waals surface area contributed by atoms with Gasteiger partial charge in [-0.1, -0.05) is 0 Å². The number of nitrogens with two attached hydrogens (primary N) is 1. The van der Waals surface area contributed by atoms with Crippen LogP contribution in [0.3, 0.4) is 0 Å². The molecule has 3 rings (SSSR count). The minimum absolute atomic E-state index is 0.200. The summed E-state index contributed by atoms with van der Waals surface area (Å²) < 4.78 is 0. The second-order valence-corrected chi connectivity index (χ2v) is 5.86. The Morgan fingerprint density at radius 2 is 1.89 bits per heavy atom. The summed E-state index contributed by atoms with van der Waals surface area (Å²) in [5.74, 6) is 8.71. The molecule has 0 bridgehead atoms. The quantitative estimate of drug-likeness (QED) is 0.562. The molecule has 2 fully saturated rings. The van der Waals surface area contributed by atoms with Crippen LogP contribution >= 0.6 is 0 Å². The van der Waals surface area contributed by atoms with E-state index in [2.05, 4.69) is 22.7 Å². The van der Waals surface area contributed by atoms with Crippen LogP contribution in [0, 0.1) is 6.92 Å². The molecule has 0 atom stereocenters. The summed E-state index contributed by atoms with van der Waals surface area (Å²) in [5.41, 5.74) is 3.90. The van der Waals surface area contributed by atoms with Crippen LogP contribution in [0.2, 0.25) is 0 Å². The van der Waals surface area contributed by atoms with Crippen molar-refractivity contribution >= 4 is 11.6 Å². The number of aromatic nitrogens is 2. The zero-order valence-electron chi connectivity index (χ0n) is 11.1. The first-order valence-electron chi connectivity index (χ1n) is 6.75. The van der Waals surface area contributed by atoms with E-state index in [1.807, 2.05) is 6.92 Å². The number of nitrogens with one attached hydrogen (secondary N) is 2. The van der Waals surface area contributed by atoms with E-state index in [1.54, 1.807) is 0 Å². The van der Waals surface area contributed by atoms with Gasteiger partial charge in [0.25, 0.3) is 0 Å². The molecule has 5 nitrogen and oxygen atoms in total. The summed E-state index contributed by atoms with van der Waals surface area (Å²) >= 11 is 0. The first-order valence-corrected chi connectivity index (χ1v) is 6.75. The Morgan fingerprint density at radius 3 is 2.39 bits per heavy atom. The van der Waals surface area contributed by atoms with Crippen LogP contribution in [-0.4, -0.2) is 15.5 Å². The van der Waals surface area contributed by atoms with Crippen molar-refractivity contribution in [2.45, 2.75) is 57.4 Å². The van der Waals surface area contributed by atoms with Gasteiger partial charge in [0.05, 0.1) is 0 Å². The number of hydrazine groups is 1. The lowest BCUT2D eigenvalue weighted by molar-refractivity contribution is 0.305. The van der Waals surface area contributed by atoms with Crippen LogP contribution in [0.1, 0.15) is 56.3 Å². The van der Waals surface area contributed by atoms with Gasteiger partial charge < -0.3 is 10.7 Å². The molecular weight excluding hydrogens is 226 g/mol. The second-order valence-electron chi connectivity index (χ2n) is 5.86. The molecule has 0 amide bonds. The van der Waals surface area contributed by atoms with Gasteiger partial charge in [0.15, 0.2) is 0 Å². The normalized spacial score (nSPS) is 21.3. The summed E-state index contributed by atoms with van der Waals surface area (Å²) in [7, 11) is 0. The summed E-state index contributed by atoms with van der Waals surface area (Å²) in [5, 5.41) is 3.57. The Morgan fingerprint density at radius 1 is 1.22 bits per heavy atom. The Hall–Kier alpha value is -1.36. The predicted molar refractivity (Wildman–Crippen MR) is 72.4 cm³/mol. The third-order valence-electron chi connectivity index (χ3n) is 4.12. The van der Waals surface area contributed by atoms with Crippen molar-refractivity contribution in [2.75, 3.05) is 10.7 Å². The van der Waals surface area contributed by atoms with E-state index in [0.717, 1.165) is 23.0 Å². The molecule has 0 aromatic carbocycles. The van der Waals surface area contributed by atoms with Gasteiger partial charge in [-0.05, 0) is 46.0 Å². The number of rotatable bonds is 4. The maximum absolute atomic E-state index is 5.55. The third-order valence-corrected chi connectivity index (χ3v) is 4.12. The second kappa shape index (κ2) is 4.09. The van der Waals surface area contributed by atoms with E-state index >= 15 is 0 Å². The Bertz CT molecular complexity index is 463. The molecule has 1 aromatic rings. The van der Waals surface area contributed by atoms with Gasteiger partial charge in [-0.15, -0.1) is 0 Å². The first kappa shape index (κ1) is 11.7. The van der Waals surface area contributed by atoms with Crippen molar-refractivity contribution < 1.29 is 0 Å². The molecule has 18 heavy (non-hydrogen) atoms. The molecule has 2 aliphatic rings. The molecule has 1 aromatic heterocycles. The van der Waals surface area contributed by atoms with Gasteiger partial charge in [-0.3, -0.25) is 0 Å². The number of hydrogen-bond donors (Lipinski definition) is 3. The molecule has 5 heteroatoms. The van der Waals surface area contributed by atoms with Crippen molar-refractivity contribution in [3.05, 3.63) is 11.4 Å². The van der Waals surface area contributed by atoms with Gasteiger partial charge in [-0.25, -0.2) is 15.8 Å².